The summed E-state index contributed by atoms with van der Waals surface area (Å²) in [6, 6.07) is 13.7. The van der Waals surface area contributed by atoms with Gasteiger partial charge in [0.15, 0.2) is 0 Å². The van der Waals surface area contributed by atoms with Crippen LogP contribution < -0.4 is 4.72 Å². The molecule has 3 aromatic rings. The molecule has 0 amide bonds. The molecule has 0 radical (unpaired) electrons. The van der Waals surface area contributed by atoms with E-state index in [0.717, 1.165) is 37.1 Å². The number of aromatic nitrogens is 1. The molecule has 5 nitrogen and oxygen atoms in total. The molecule has 2 heterocycles. The summed E-state index contributed by atoms with van der Waals surface area (Å²) < 4.78 is 42.0. The second kappa shape index (κ2) is 8.79. The third-order valence-electron chi connectivity index (χ3n) is 5.69. The number of aryl methyl sites for hydroxylation is 1. The van der Waals surface area contributed by atoms with E-state index in [9.17, 15) is 12.8 Å². The number of hydrogen-bond donors (Lipinski definition) is 1. The lowest BCUT2D eigenvalue weighted by Gasteiger charge is -2.33. The highest BCUT2D eigenvalue weighted by molar-refractivity contribution is 7.89. The summed E-state index contributed by atoms with van der Waals surface area (Å²) in [6.07, 6.45) is 3.67. The lowest BCUT2D eigenvalue weighted by Crippen LogP contribution is -2.40. The van der Waals surface area contributed by atoms with Crippen molar-refractivity contribution in [2.45, 2.75) is 31.2 Å². The van der Waals surface area contributed by atoms with E-state index in [1.807, 2.05) is 6.92 Å². The second-order valence-corrected chi connectivity index (χ2v) is 9.78. The number of piperidine rings is 1. The number of hydrogen-bond acceptors (Lipinski definition) is 4. The van der Waals surface area contributed by atoms with Crippen LogP contribution in [-0.2, 0) is 16.6 Å². The summed E-state index contributed by atoms with van der Waals surface area (Å²) in [6.45, 7) is 4.75. The van der Waals surface area contributed by atoms with Crippen molar-refractivity contribution >= 4 is 20.9 Å². The largest absolute Gasteiger partial charge is 0.299 e. The monoisotopic (exact) mass is 427 g/mol. The van der Waals surface area contributed by atoms with Crippen LogP contribution in [0.5, 0.6) is 0 Å². The summed E-state index contributed by atoms with van der Waals surface area (Å²) in [5.74, 6) is -0.0254. The molecule has 1 saturated heterocycles. The molecule has 1 atom stereocenters. The van der Waals surface area contributed by atoms with Crippen LogP contribution in [0.4, 0.5) is 4.39 Å². The predicted octanol–water partition coefficient (Wildman–Crippen LogP) is 3.87. The van der Waals surface area contributed by atoms with E-state index in [2.05, 4.69) is 14.6 Å². The number of halogens is 1. The normalized spacial score (nSPS) is 18.0. The maximum absolute atomic E-state index is 14.1. The number of nitrogens with zero attached hydrogens (tertiary/aromatic N) is 2. The van der Waals surface area contributed by atoms with Crippen molar-refractivity contribution in [1.82, 2.24) is 14.6 Å². The van der Waals surface area contributed by atoms with E-state index < -0.39 is 10.0 Å². The number of benzene rings is 2. The van der Waals surface area contributed by atoms with Gasteiger partial charge in [-0.1, -0.05) is 23.8 Å². The van der Waals surface area contributed by atoms with Gasteiger partial charge in [-0.05, 0) is 68.1 Å². The first-order chi connectivity index (χ1) is 14.4. The minimum Gasteiger partial charge on any atom is -0.299 e. The molecule has 1 fully saturated rings. The van der Waals surface area contributed by atoms with Crippen molar-refractivity contribution < 1.29 is 12.8 Å². The molecule has 158 valence electrons. The molecule has 1 unspecified atom stereocenters. The van der Waals surface area contributed by atoms with Gasteiger partial charge in [-0.3, -0.25) is 9.88 Å². The molecular weight excluding hydrogens is 401 g/mol. The van der Waals surface area contributed by atoms with Gasteiger partial charge < -0.3 is 0 Å². The maximum atomic E-state index is 14.1. The van der Waals surface area contributed by atoms with Crippen LogP contribution in [0, 0.1) is 18.7 Å². The van der Waals surface area contributed by atoms with Crippen molar-refractivity contribution in [2.75, 3.05) is 19.6 Å². The van der Waals surface area contributed by atoms with Gasteiger partial charge in [-0.2, -0.15) is 0 Å². The SMILES string of the molecule is Cc1ccc(S(=O)(=O)NCC2CCCN(Cc3ccc(F)c4cccnc34)C2)cc1. The van der Waals surface area contributed by atoms with Gasteiger partial charge in [-0.15, -0.1) is 0 Å². The number of nitrogens with one attached hydrogen (secondary N) is 1. The molecule has 0 saturated carbocycles. The van der Waals surface area contributed by atoms with E-state index in [-0.39, 0.29) is 11.7 Å². The first kappa shape index (κ1) is 20.9. The van der Waals surface area contributed by atoms with Gasteiger partial charge in [0, 0.05) is 31.2 Å². The molecule has 7 heteroatoms. The minimum atomic E-state index is -3.51. The Morgan fingerprint density at radius 1 is 1.17 bits per heavy atom. The maximum Gasteiger partial charge on any atom is 0.240 e. The Bertz CT molecular complexity index is 1130. The van der Waals surface area contributed by atoms with Crippen LogP contribution in [0.1, 0.15) is 24.0 Å². The third-order valence-corrected chi connectivity index (χ3v) is 7.13. The summed E-state index contributed by atoms with van der Waals surface area (Å²) in [5, 5.41) is 0.536. The molecule has 30 heavy (non-hydrogen) atoms. The number of fused-ring (bicyclic) bond motifs is 1. The van der Waals surface area contributed by atoms with E-state index in [4.69, 9.17) is 0 Å². The molecule has 1 aromatic heterocycles. The zero-order valence-corrected chi connectivity index (χ0v) is 17.8. The van der Waals surface area contributed by atoms with Crippen LogP contribution in [0.15, 0.2) is 59.6 Å². The molecule has 1 N–H and O–H groups in total. The molecule has 2 aromatic carbocycles. The van der Waals surface area contributed by atoms with E-state index >= 15 is 0 Å². The zero-order chi connectivity index (χ0) is 21.1. The molecule has 0 bridgehead atoms. The topological polar surface area (TPSA) is 62.3 Å². The van der Waals surface area contributed by atoms with Gasteiger partial charge in [0.25, 0.3) is 0 Å². The van der Waals surface area contributed by atoms with Crippen molar-refractivity contribution in [2.24, 2.45) is 5.92 Å². The number of sulfonamides is 1. The Kier molecular flexibility index (Phi) is 6.13. The lowest BCUT2D eigenvalue weighted by molar-refractivity contribution is 0.169. The number of likely N-dealkylation sites (tertiary alicyclic amines) is 1. The Balaban J connectivity index is 1.40. The predicted molar refractivity (Wildman–Crippen MR) is 116 cm³/mol. The Morgan fingerprint density at radius 3 is 2.77 bits per heavy atom. The Morgan fingerprint density at radius 2 is 1.97 bits per heavy atom. The summed E-state index contributed by atoms with van der Waals surface area (Å²) >= 11 is 0. The summed E-state index contributed by atoms with van der Waals surface area (Å²) in [5.41, 5.74) is 2.72. The standard InChI is InChI=1S/C23H26FN3O2S/c1-17-6-9-20(10-7-17)30(28,29)26-14-18-4-3-13-27(15-18)16-19-8-11-22(24)21-5-2-12-25-23(19)21/h2,5-12,18,26H,3-4,13-16H2,1H3. The Labute approximate surface area is 177 Å². The highest BCUT2D eigenvalue weighted by atomic mass is 32.2. The van der Waals surface area contributed by atoms with Gasteiger partial charge >= 0.3 is 0 Å². The smallest absolute Gasteiger partial charge is 0.240 e. The number of pyridine rings is 1. The highest BCUT2D eigenvalue weighted by Crippen LogP contribution is 2.24. The number of rotatable bonds is 6. The zero-order valence-electron chi connectivity index (χ0n) is 17.0. The van der Waals surface area contributed by atoms with Crippen LogP contribution in [0.2, 0.25) is 0 Å². The lowest BCUT2D eigenvalue weighted by atomic mass is 9.97. The fourth-order valence-electron chi connectivity index (χ4n) is 4.05. The van der Waals surface area contributed by atoms with Gasteiger partial charge in [0.2, 0.25) is 10.0 Å². The first-order valence-corrected chi connectivity index (χ1v) is 11.7. The molecule has 1 aliphatic rings. The van der Waals surface area contributed by atoms with Crippen molar-refractivity contribution in [3.63, 3.8) is 0 Å². The van der Waals surface area contributed by atoms with Crippen molar-refractivity contribution in [3.8, 4) is 0 Å². The van der Waals surface area contributed by atoms with E-state index in [0.29, 0.717) is 28.9 Å². The minimum absolute atomic E-state index is 0.235. The molecule has 4 rings (SSSR count). The Hall–Kier alpha value is -2.35. The van der Waals surface area contributed by atoms with Crippen LogP contribution in [0.25, 0.3) is 10.9 Å². The van der Waals surface area contributed by atoms with Crippen LogP contribution in [0.3, 0.4) is 0 Å². The van der Waals surface area contributed by atoms with Crippen molar-refractivity contribution in [3.05, 3.63) is 71.7 Å². The van der Waals surface area contributed by atoms with Crippen LogP contribution >= 0.6 is 0 Å². The fraction of sp³-hybridized carbons (Fsp3) is 0.348. The third kappa shape index (κ3) is 4.69. The quantitative estimate of drug-likeness (QED) is 0.649. The van der Waals surface area contributed by atoms with Crippen LogP contribution in [-0.4, -0.2) is 37.9 Å². The van der Waals surface area contributed by atoms with Gasteiger partial charge in [0.1, 0.15) is 5.82 Å². The average Bonchev–Trinajstić information content (AvgIpc) is 2.75. The molecule has 0 spiro atoms. The summed E-state index contributed by atoms with van der Waals surface area (Å²) in [4.78, 5) is 6.97. The highest BCUT2D eigenvalue weighted by Gasteiger charge is 2.23. The van der Waals surface area contributed by atoms with E-state index in [1.54, 1.807) is 48.7 Å². The average molecular weight is 428 g/mol. The first-order valence-electron chi connectivity index (χ1n) is 10.2. The van der Waals surface area contributed by atoms with Crippen molar-refractivity contribution in [1.29, 1.82) is 0 Å². The second-order valence-electron chi connectivity index (χ2n) is 8.01. The fourth-order valence-corrected chi connectivity index (χ4v) is 5.17. The molecule has 0 aliphatic carbocycles. The van der Waals surface area contributed by atoms with Gasteiger partial charge in [0.05, 0.1) is 10.4 Å². The summed E-state index contributed by atoms with van der Waals surface area (Å²) in [7, 11) is -3.51. The van der Waals surface area contributed by atoms with Gasteiger partial charge in [-0.25, -0.2) is 17.5 Å². The van der Waals surface area contributed by atoms with E-state index in [1.165, 1.54) is 6.07 Å². The molecule has 1 aliphatic heterocycles. The molecular formula is C23H26FN3O2S.